The van der Waals surface area contributed by atoms with Crippen molar-refractivity contribution in [2.75, 3.05) is 17.2 Å². The lowest BCUT2D eigenvalue weighted by Crippen LogP contribution is -2.09. The van der Waals surface area contributed by atoms with Gasteiger partial charge in [-0.05, 0) is 49.4 Å². The molecule has 0 spiro atoms. The second-order valence-corrected chi connectivity index (χ2v) is 5.47. The number of nitrogens with zero attached hydrogens (tertiary/aromatic N) is 3. The molecule has 0 unspecified atom stereocenters. The van der Waals surface area contributed by atoms with Crippen LogP contribution >= 0.6 is 0 Å². The van der Waals surface area contributed by atoms with Crippen molar-refractivity contribution in [3.8, 4) is 6.07 Å². The highest BCUT2D eigenvalue weighted by Crippen LogP contribution is 2.21. The van der Waals surface area contributed by atoms with Crippen LogP contribution in [-0.2, 0) is 4.74 Å². The monoisotopic (exact) mass is 359 g/mol. The Morgan fingerprint density at radius 2 is 1.89 bits per heavy atom. The Labute approximate surface area is 156 Å². The summed E-state index contributed by atoms with van der Waals surface area (Å²) in [5, 5.41) is 15.1. The van der Waals surface area contributed by atoms with Crippen molar-refractivity contribution in [2.24, 2.45) is 0 Å². The highest BCUT2D eigenvalue weighted by Gasteiger charge is 2.12. The summed E-state index contributed by atoms with van der Waals surface area (Å²) in [7, 11) is 0. The van der Waals surface area contributed by atoms with Gasteiger partial charge < -0.3 is 15.4 Å². The number of aromatic nitrogens is 2. The van der Waals surface area contributed by atoms with Crippen molar-refractivity contribution in [1.82, 2.24) is 9.97 Å². The summed E-state index contributed by atoms with van der Waals surface area (Å²) in [6.07, 6.45) is 1.61. The first-order valence-electron chi connectivity index (χ1n) is 8.33. The molecule has 2 aromatic carbocycles. The molecule has 0 saturated carbocycles. The summed E-state index contributed by atoms with van der Waals surface area (Å²) in [6, 6.07) is 17.8. The van der Waals surface area contributed by atoms with Crippen LogP contribution < -0.4 is 10.6 Å². The topological polar surface area (TPSA) is 99.9 Å². The van der Waals surface area contributed by atoms with E-state index in [4.69, 9.17) is 10.00 Å². The number of hydrogen-bond acceptors (Lipinski definition) is 7. The van der Waals surface area contributed by atoms with Gasteiger partial charge in [-0.15, -0.1) is 0 Å². The molecule has 0 atom stereocenters. The summed E-state index contributed by atoms with van der Waals surface area (Å²) in [4.78, 5) is 20.7. The van der Waals surface area contributed by atoms with E-state index in [1.54, 1.807) is 61.7 Å². The molecular weight excluding hydrogens is 342 g/mol. The lowest BCUT2D eigenvalue weighted by molar-refractivity contribution is 0.0527. The number of hydrogen-bond donors (Lipinski definition) is 2. The molecule has 0 aliphatic rings. The zero-order valence-corrected chi connectivity index (χ0v) is 14.6. The van der Waals surface area contributed by atoms with Crippen molar-refractivity contribution < 1.29 is 9.53 Å². The zero-order chi connectivity index (χ0) is 19.1. The lowest BCUT2D eigenvalue weighted by Gasteiger charge is -2.11. The molecule has 0 saturated heterocycles. The Balaban J connectivity index is 1.78. The van der Waals surface area contributed by atoms with Gasteiger partial charge in [-0.2, -0.15) is 10.2 Å². The quantitative estimate of drug-likeness (QED) is 0.641. The smallest absolute Gasteiger partial charge is 0.340 e. The molecule has 1 heterocycles. The van der Waals surface area contributed by atoms with Crippen molar-refractivity contribution in [3.63, 3.8) is 0 Å². The van der Waals surface area contributed by atoms with Crippen LogP contribution in [0.2, 0.25) is 0 Å². The van der Waals surface area contributed by atoms with E-state index in [0.717, 1.165) is 5.69 Å². The Kier molecular flexibility index (Phi) is 5.60. The molecule has 1 aromatic heterocycles. The number of rotatable bonds is 6. The largest absolute Gasteiger partial charge is 0.462 e. The maximum Gasteiger partial charge on any atom is 0.340 e. The first-order chi connectivity index (χ1) is 13.2. The van der Waals surface area contributed by atoms with Crippen molar-refractivity contribution >= 4 is 29.1 Å². The average molecular weight is 359 g/mol. The molecule has 0 radical (unpaired) electrons. The van der Waals surface area contributed by atoms with Gasteiger partial charge in [0, 0.05) is 11.9 Å². The molecule has 2 N–H and O–H groups in total. The predicted octanol–water partition coefficient (Wildman–Crippen LogP) is 4.01. The molecule has 3 rings (SSSR count). The third-order valence-electron chi connectivity index (χ3n) is 3.61. The Bertz CT molecular complexity index is 980. The van der Waals surface area contributed by atoms with Crippen molar-refractivity contribution in [3.05, 3.63) is 71.9 Å². The van der Waals surface area contributed by atoms with Gasteiger partial charge in [-0.25, -0.2) is 9.78 Å². The first-order valence-corrected chi connectivity index (χ1v) is 8.33. The van der Waals surface area contributed by atoms with Crippen LogP contribution in [0.5, 0.6) is 0 Å². The van der Waals surface area contributed by atoms with Crippen LogP contribution in [0.4, 0.5) is 23.1 Å². The standard InChI is InChI=1S/C20H17N5O2/c1-2-27-19(26)16-5-3-4-6-17(16)24-20-22-12-11-18(25-20)23-15-9-7-14(13-21)8-10-15/h3-12H,2H2,1H3,(H2,22,23,24,25). The number of carbonyl (C=O) groups is 1. The van der Waals surface area contributed by atoms with Crippen LogP contribution in [0.25, 0.3) is 0 Å². The molecule has 3 aromatic rings. The number of benzene rings is 2. The van der Waals surface area contributed by atoms with Crippen molar-refractivity contribution in [2.45, 2.75) is 6.92 Å². The molecule has 134 valence electrons. The minimum Gasteiger partial charge on any atom is -0.462 e. The second-order valence-electron chi connectivity index (χ2n) is 5.47. The van der Waals surface area contributed by atoms with E-state index in [0.29, 0.717) is 35.2 Å². The summed E-state index contributed by atoms with van der Waals surface area (Å²) in [5.41, 5.74) is 2.35. The minimum atomic E-state index is -0.410. The van der Waals surface area contributed by atoms with Gasteiger partial charge in [0.25, 0.3) is 0 Å². The lowest BCUT2D eigenvalue weighted by atomic mass is 10.2. The Morgan fingerprint density at radius 1 is 1.11 bits per heavy atom. The molecule has 0 bridgehead atoms. The SMILES string of the molecule is CCOC(=O)c1ccccc1Nc1nccc(Nc2ccc(C#N)cc2)n1. The van der Waals surface area contributed by atoms with E-state index in [2.05, 4.69) is 26.7 Å². The first kappa shape index (κ1) is 17.9. The van der Waals surface area contributed by atoms with E-state index < -0.39 is 5.97 Å². The fourth-order valence-corrected chi connectivity index (χ4v) is 2.36. The zero-order valence-electron chi connectivity index (χ0n) is 14.6. The fraction of sp³-hybridized carbons (Fsp3) is 0.100. The van der Waals surface area contributed by atoms with Gasteiger partial charge in [-0.3, -0.25) is 0 Å². The number of ether oxygens (including phenoxy) is 1. The van der Waals surface area contributed by atoms with E-state index in [-0.39, 0.29) is 0 Å². The van der Waals surface area contributed by atoms with Crippen LogP contribution in [-0.4, -0.2) is 22.5 Å². The summed E-state index contributed by atoms with van der Waals surface area (Å²) >= 11 is 0. The van der Waals surface area contributed by atoms with E-state index in [9.17, 15) is 4.79 Å². The number of anilines is 4. The molecule has 27 heavy (non-hydrogen) atoms. The van der Waals surface area contributed by atoms with Gasteiger partial charge in [0.2, 0.25) is 5.95 Å². The second kappa shape index (κ2) is 8.45. The minimum absolute atomic E-state index is 0.299. The van der Waals surface area contributed by atoms with Gasteiger partial charge in [0.05, 0.1) is 29.5 Å². The summed E-state index contributed by atoms with van der Waals surface area (Å²) < 4.78 is 5.07. The van der Waals surface area contributed by atoms with Crippen LogP contribution in [0, 0.1) is 11.3 Å². The predicted molar refractivity (Wildman–Crippen MR) is 102 cm³/mol. The van der Waals surface area contributed by atoms with Crippen LogP contribution in [0.3, 0.4) is 0 Å². The normalized spacial score (nSPS) is 9.93. The number of esters is 1. The third kappa shape index (κ3) is 4.58. The van der Waals surface area contributed by atoms with Gasteiger partial charge in [0.1, 0.15) is 5.82 Å². The molecule has 7 nitrogen and oxygen atoms in total. The van der Waals surface area contributed by atoms with Gasteiger partial charge in [0.15, 0.2) is 0 Å². The van der Waals surface area contributed by atoms with Gasteiger partial charge in [-0.1, -0.05) is 12.1 Å². The Morgan fingerprint density at radius 3 is 2.63 bits per heavy atom. The van der Waals surface area contributed by atoms with Crippen LogP contribution in [0.15, 0.2) is 60.8 Å². The number of para-hydroxylation sites is 1. The molecule has 0 aliphatic carbocycles. The van der Waals surface area contributed by atoms with E-state index in [1.165, 1.54) is 0 Å². The number of nitrogens with one attached hydrogen (secondary N) is 2. The molecule has 0 fully saturated rings. The average Bonchev–Trinajstić information content (AvgIpc) is 2.69. The molecule has 0 aliphatic heterocycles. The number of nitriles is 1. The summed E-state index contributed by atoms with van der Waals surface area (Å²) in [6.45, 7) is 2.06. The highest BCUT2D eigenvalue weighted by molar-refractivity contribution is 5.96. The van der Waals surface area contributed by atoms with E-state index in [1.807, 2.05) is 6.07 Å². The maximum absolute atomic E-state index is 12.1. The fourth-order valence-electron chi connectivity index (χ4n) is 2.36. The number of carbonyl (C=O) groups excluding carboxylic acids is 1. The van der Waals surface area contributed by atoms with E-state index >= 15 is 0 Å². The van der Waals surface area contributed by atoms with Gasteiger partial charge >= 0.3 is 5.97 Å². The van der Waals surface area contributed by atoms with Crippen molar-refractivity contribution in [1.29, 1.82) is 5.26 Å². The molecular formula is C20H17N5O2. The molecule has 7 heteroatoms. The summed E-state index contributed by atoms with van der Waals surface area (Å²) in [5.74, 6) is 0.503. The highest BCUT2D eigenvalue weighted by atomic mass is 16.5. The maximum atomic E-state index is 12.1. The van der Waals surface area contributed by atoms with Crippen LogP contribution in [0.1, 0.15) is 22.8 Å². The Hall–Kier alpha value is -3.92. The third-order valence-corrected chi connectivity index (χ3v) is 3.61. The molecule has 0 amide bonds.